The van der Waals surface area contributed by atoms with Gasteiger partial charge < -0.3 is 9.67 Å². The van der Waals surface area contributed by atoms with Gasteiger partial charge in [0.1, 0.15) is 12.4 Å². The lowest BCUT2D eigenvalue weighted by molar-refractivity contribution is -0.137. The molecule has 0 saturated carbocycles. The maximum atomic E-state index is 11.1. The van der Waals surface area contributed by atoms with Crippen LogP contribution in [0.2, 0.25) is 0 Å². The summed E-state index contributed by atoms with van der Waals surface area (Å²) < 4.78 is 1.81. The predicted octanol–water partition coefficient (Wildman–Crippen LogP) is 2.66. The Balaban J connectivity index is 2.33. The van der Waals surface area contributed by atoms with Gasteiger partial charge in [0.25, 0.3) is 0 Å². The molecule has 114 valence electrons. The molecule has 0 aliphatic heterocycles. The molecule has 0 radical (unpaired) electrons. The SMILES string of the molecule is CCCCN(C)Cc1nc2cc(C)ccc2n1CC(=O)O. The van der Waals surface area contributed by atoms with Crippen LogP contribution in [0, 0.1) is 6.92 Å². The molecule has 0 unspecified atom stereocenters. The first kappa shape index (κ1) is 15.5. The molecular formula is C16H23N3O2. The number of imidazole rings is 1. The van der Waals surface area contributed by atoms with E-state index in [1.807, 2.05) is 32.2 Å². The Labute approximate surface area is 125 Å². The first-order chi connectivity index (χ1) is 10.0. The molecule has 0 aliphatic carbocycles. The number of unbranched alkanes of at least 4 members (excludes halogenated alkanes) is 1. The van der Waals surface area contributed by atoms with Crippen LogP contribution < -0.4 is 0 Å². The molecule has 1 aromatic carbocycles. The molecule has 5 nitrogen and oxygen atoms in total. The van der Waals surface area contributed by atoms with Gasteiger partial charge in [0.05, 0.1) is 17.6 Å². The summed E-state index contributed by atoms with van der Waals surface area (Å²) in [5, 5.41) is 9.14. The van der Waals surface area contributed by atoms with Crippen molar-refractivity contribution >= 4 is 17.0 Å². The number of aryl methyl sites for hydroxylation is 1. The summed E-state index contributed by atoms with van der Waals surface area (Å²) in [6.45, 7) is 5.79. The van der Waals surface area contributed by atoms with E-state index in [-0.39, 0.29) is 6.54 Å². The zero-order chi connectivity index (χ0) is 15.4. The molecule has 0 bridgehead atoms. The minimum Gasteiger partial charge on any atom is -0.480 e. The minimum absolute atomic E-state index is 0.0451. The standard InChI is InChI=1S/C16H23N3O2/c1-4-5-8-18(3)10-15-17-13-9-12(2)6-7-14(13)19(15)11-16(20)21/h6-7,9H,4-5,8,10-11H2,1-3H3,(H,20,21). The Hall–Kier alpha value is -1.88. The maximum absolute atomic E-state index is 11.1. The van der Waals surface area contributed by atoms with Crippen molar-refractivity contribution in [2.24, 2.45) is 0 Å². The number of aliphatic carboxylic acids is 1. The third-order valence-corrected chi connectivity index (χ3v) is 3.58. The Morgan fingerprint density at radius 3 is 2.86 bits per heavy atom. The quantitative estimate of drug-likeness (QED) is 0.851. The molecule has 0 aliphatic rings. The average Bonchev–Trinajstić information content (AvgIpc) is 2.72. The van der Waals surface area contributed by atoms with Crippen LogP contribution in [0.1, 0.15) is 31.2 Å². The number of nitrogens with zero attached hydrogens (tertiary/aromatic N) is 3. The molecular weight excluding hydrogens is 266 g/mol. The number of carboxylic acids is 1. The number of hydrogen-bond acceptors (Lipinski definition) is 3. The van der Waals surface area contributed by atoms with Crippen LogP contribution in [0.5, 0.6) is 0 Å². The Kier molecular flexibility index (Phi) is 4.96. The fraction of sp³-hybridized carbons (Fsp3) is 0.500. The van der Waals surface area contributed by atoms with E-state index >= 15 is 0 Å². The maximum Gasteiger partial charge on any atom is 0.323 e. The number of benzene rings is 1. The summed E-state index contributed by atoms with van der Waals surface area (Å²) in [6, 6.07) is 5.95. The number of carboxylic acid groups (broad SMARTS) is 1. The topological polar surface area (TPSA) is 58.4 Å². The second kappa shape index (κ2) is 6.72. The molecule has 1 N–H and O–H groups in total. The molecule has 0 saturated heterocycles. The average molecular weight is 289 g/mol. The highest BCUT2D eigenvalue weighted by molar-refractivity contribution is 5.79. The van der Waals surface area contributed by atoms with Crippen molar-refractivity contribution in [3.8, 4) is 0 Å². The molecule has 1 heterocycles. The van der Waals surface area contributed by atoms with Gasteiger partial charge in [-0.05, 0) is 44.6 Å². The van der Waals surface area contributed by atoms with Gasteiger partial charge in [0, 0.05) is 0 Å². The van der Waals surface area contributed by atoms with Gasteiger partial charge in [-0.15, -0.1) is 0 Å². The summed E-state index contributed by atoms with van der Waals surface area (Å²) in [5.74, 6) is -0.0241. The van der Waals surface area contributed by atoms with Crippen molar-refractivity contribution in [3.05, 3.63) is 29.6 Å². The highest BCUT2D eigenvalue weighted by Gasteiger charge is 2.14. The molecule has 1 aromatic heterocycles. The van der Waals surface area contributed by atoms with E-state index in [9.17, 15) is 4.79 Å². The van der Waals surface area contributed by atoms with Gasteiger partial charge in [-0.1, -0.05) is 19.4 Å². The number of carbonyl (C=O) groups is 1. The minimum atomic E-state index is -0.840. The van der Waals surface area contributed by atoms with Gasteiger partial charge in [-0.2, -0.15) is 0 Å². The van der Waals surface area contributed by atoms with E-state index in [0.717, 1.165) is 41.8 Å². The zero-order valence-electron chi connectivity index (χ0n) is 13.0. The summed E-state index contributed by atoms with van der Waals surface area (Å²) in [4.78, 5) is 17.9. The second-order valence-corrected chi connectivity index (χ2v) is 5.59. The van der Waals surface area contributed by atoms with Crippen LogP contribution in [0.4, 0.5) is 0 Å². The van der Waals surface area contributed by atoms with Crippen molar-refractivity contribution in [1.82, 2.24) is 14.5 Å². The van der Waals surface area contributed by atoms with Crippen molar-refractivity contribution in [2.45, 2.75) is 39.8 Å². The van der Waals surface area contributed by atoms with Crippen molar-refractivity contribution in [1.29, 1.82) is 0 Å². The summed E-state index contributed by atoms with van der Waals surface area (Å²) in [7, 11) is 2.05. The fourth-order valence-electron chi connectivity index (χ4n) is 2.47. The van der Waals surface area contributed by atoms with Crippen LogP contribution >= 0.6 is 0 Å². The monoisotopic (exact) mass is 289 g/mol. The first-order valence-electron chi connectivity index (χ1n) is 7.37. The molecule has 2 rings (SSSR count). The molecule has 5 heteroatoms. The normalized spacial score (nSPS) is 11.4. The second-order valence-electron chi connectivity index (χ2n) is 5.59. The molecule has 2 aromatic rings. The highest BCUT2D eigenvalue weighted by atomic mass is 16.4. The van der Waals surface area contributed by atoms with Crippen molar-refractivity contribution in [3.63, 3.8) is 0 Å². The number of rotatable bonds is 7. The van der Waals surface area contributed by atoms with Crippen LogP contribution in [-0.2, 0) is 17.9 Å². The predicted molar refractivity (Wildman–Crippen MR) is 83.3 cm³/mol. The van der Waals surface area contributed by atoms with Gasteiger partial charge in [-0.3, -0.25) is 9.69 Å². The molecule has 0 atom stereocenters. The third-order valence-electron chi connectivity index (χ3n) is 3.58. The lowest BCUT2D eigenvalue weighted by Crippen LogP contribution is -2.22. The summed E-state index contributed by atoms with van der Waals surface area (Å²) in [6.07, 6.45) is 2.28. The van der Waals surface area contributed by atoms with Crippen LogP contribution in [-0.4, -0.2) is 39.1 Å². The first-order valence-corrected chi connectivity index (χ1v) is 7.37. The van der Waals surface area contributed by atoms with Crippen molar-refractivity contribution in [2.75, 3.05) is 13.6 Å². The number of hydrogen-bond donors (Lipinski definition) is 1. The molecule has 0 fully saturated rings. The Bertz CT molecular complexity index is 634. The largest absolute Gasteiger partial charge is 0.480 e. The number of fused-ring (bicyclic) bond motifs is 1. The van der Waals surface area contributed by atoms with E-state index in [1.165, 1.54) is 0 Å². The van der Waals surface area contributed by atoms with Gasteiger partial charge in [0.15, 0.2) is 0 Å². The van der Waals surface area contributed by atoms with Crippen LogP contribution in [0.25, 0.3) is 11.0 Å². The van der Waals surface area contributed by atoms with Gasteiger partial charge >= 0.3 is 5.97 Å². The van der Waals surface area contributed by atoms with E-state index in [4.69, 9.17) is 5.11 Å². The molecule has 0 amide bonds. The van der Waals surface area contributed by atoms with Crippen LogP contribution in [0.15, 0.2) is 18.2 Å². The lowest BCUT2D eigenvalue weighted by Gasteiger charge is -2.16. The smallest absolute Gasteiger partial charge is 0.323 e. The lowest BCUT2D eigenvalue weighted by atomic mass is 10.2. The molecule has 21 heavy (non-hydrogen) atoms. The van der Waals surface area contributed by atoms with E-state index in [0.29, 0.717) is 6.54 Å². The zero-order valence-corrected chi connectivity index (χ0v) is 13.0. The third kappa shape index (κ3) is 3.82. The van der Waals surface area contributed by atoms with Crippen molar-refractivity contribution < 1.29 is 9.90 Å². The van der Waals surface area contributed by atoms with E-state index < -0.39 is 5.97 Å². The molecule has 0 spiro atoms. The highest BCUT2D eigenvalue weighted by Crippen LogP contribution is 2.19. The van der Waals surface area contributed by atoms with Gasteiger partial charge in [-0.25, -0.2) is 4.98 Å². The van der Waals surface area contributed by atoms with E-state index in [1.54, 1.807) is 4.57 Å². The summed E-state index contributed by atoms with van der Waals surface area (Å²) in [5.41, 5.74) is 2.89. The Morgan fingerprint density at radius 1 is 1.43 bits per heavy atom. The number of aromatic nitrogens is 2. The Morgan fingerprint density at radius 2 is 2.19 bits per heavy atom. The van der Waals surface area contributed by atoms with Gasteiger partial charge in [0.2, 0.25) is 0 Å². The summed E-state index contributed by atoms with van der Waals surface area (Å²) >= 11 is 0. The van der Waals surface area contributed by atoms with E-state index in [2.05, 4.69) is 16.8 Å². The van der Waals surface area contributed by atoms with Crippen LogP contribution in [0.3, 0.4) is 0 Å². The fourth-order valence-corrected chi connectivity index (χ4v) is 2.47.